The summed E-state index contributed by atoms with van der Waals surface area (Å²) in [5, 5.41) is 3.49. The number of nitrogens with one attached hydrogen (secondary N) is 1. The van der Waals surface area contributed by atoms with E-state index in [2.05, 4.69) is 38.5 Å². The number of amides is 1. The number of anilines is 2. The summed E-state index contributed by atoms with van der Waals surface area (Å²) in [7, 11) is 1.56. The highest BCUT2D eigenvalue weighted by Gasteiger charge is 2.29. The maximum Gasteiger partial charge on any atom is 0.245 e. The van der Waals surface area contributed by atoms with E-state index < -0.39 is 5.82 Å². The summed E-state index contributed by atoms with van der Waals surface area (Å²) in [5.41, 5.74) is 8.04. The molecule has 3 N–H and O–H groups in total. The van der Waals surface area contributed by atoms with E-state index in [1.807, 2.05) is 19.9 Å². The Morgan fingerprint density at radius 1 is 1.13 bits per heavy atom. The number of amidine groups is 1. The molecule has 3 heterocycles. The van der Waals surface area contributed by atoms with Gasteiger partial charge in [0.2, 0.25) is 5.91 Å². The Morgan fingerprint density at radius 3 is 2.52 bits per heavy atom. The van der Waals surface area contributed by atoms with Crippen molar-refractivity contribution in [1.82, 2.24) is 9.88 Å². The fourth-order valence-electron chi connectivity index (χ4n) is 5.48. The lowest BCUT2D eigenvalue weighted by Gasteiger charge is -2.40. The van der Waals surface area contributed by atoms with Gasteiger partial charge in [0, 0.05) is 62.2 Å². The number of nitrogens with zero attached hydrogens (tertiary/aromatic N) is 5. The molecule has 242 valence electrons. The molecule has 1 amide bonds. The Bertz CT molecular complexity index is 1610. The van der Waals surface area contributed by atoms with E-state index in [9.17, 15) is 4.79 Å². The van der Waals surface area contributed by atoms with Crippen LogP contribution in [-0.4, -0.2) is 79.9 Å². The first-order chi connectivity index (χ1) is 22.2. The largest absolute Gasteiger partial charge is 0.495 e. The van der Waals surface area contributed by atoms with Gasteiger partial charge in [0.25, 0.3) is 0 Å². The number of hydrogen-bond donors (Lipinski definition) is 2. The molecule has 46 heavy (non-hydrogen) atoms. The molecule has 2 fully saturated rings. The first-order valence-electron chi connectivity index (χ1n) is 15.2. The molecule has 5 rings (SSSR count). The summed E-state index contributed by atoms with van der Waals surface area (Å²) in [6, 6.07) is 11.5. The van der Waals surface area contributed by atoms with Crippen LogP contribution in [0.4, 0.5) is 27.3 Å². The second-order valence-electron chi connectivity index (χ2n) is 11.4. The van der Waals surface area contributed by atoms with Gasteiger partial charge in [-0.1, -0.05) is 6.58 Å². The summed E-state index contributed by atoms with van der Waals surface area (Å²) in [4.78, 5) is 28.7. The third kappa shape index (κ3) is 7.63. The van der Waals surface area contributed by atoms with Gasteiger partial charge in [-0.25, -0.2) is 14.4 Å². The quantitative estimate of drug-likeness (QED) is 0.151. The molecular weight excluding hydrogens is 589 g/mol. The molecule has 12 heteroatoms. The summed E-state index contributed by atoms with van der Waals surface area (Å²) in [6.07, 6.45) is 4.84. The number of rotatable bonds is 12. The standard InChI is InChI=1S/C34H40FN7O4/c1-6-33(43)41-13-10-22(11-14-41)39-30-17-26(29(37-4)18-31(30)44-5)34(36)40-28-8-7-23(15-27(28)35)46-24-9-12-38-32(16-24)42-19-25(20-42)45-21(2)3/h6-9,12,15-18,21-22,25,39H,1,4,10-11,13-14,19-20H2,2-3,5H3,(H2,36,40). The molecule has 2 aliphatic rings. The van der Waals surface area contributed by atoms with Crippen LogP contribution in [0.1, 0.15) is 32.3 Å². The number of halogens is 1. The minimum Gasteiger partial charge on any atom is -0.495 e. The van der Waals surface area contributed by atoms with Crippen molar-refractivity contribution in [3.63, 3.8) is 0 Å². The van der Waals surface area contributed by atoms with E-state index in [1.165, 1.54) is 18.2 Å². The van der Waals surface area contributed by atoms with E-state index >= 15 is 4.39 Å². The van der Waals surface area contributed by atoms with Gasteiger partial charge < -0.3 is 35.1 Å². The zero-order chi connectivity index (χ0) is 32.8. The van der Waals surface area contributed by atoms with E-state index in [1.54, 1.807) is 42.5 Å². The Labute approximate surface area is 268 Å². The van der Waals surface area contributed by atoms with Crippen LogP contribution in [0.15, 0.2) is 71.3 Å². The summed E-state index contributed by atoms with van der Waals surface area (Å²) < 4.78 is 32.6. The second kappa shape index (κ2) is 14.4. The van der Waals surface area contributed by atoms with Crippen molar-refractivity contribution in [1.29, 1.82) is 0 Å². The molecule has 0 radical (unpaired) electrons. The first kappa shape index (κ1) is 32.4. The lowest BCUT2D eigenvalue weighted by atomic mass is 10.0. The predicted octanol–water partition coefficient (Wildman–Crippen LogP) is 5.59. The summed E-state index contributed by atoms with van der Waals surface area (Å²) in [5.74, 6) is 1.54. The van der Waals surface area contributed by atoms with Crippen LogP contribution in [0.2, 0.25) is 0 Å². The average molecular weight is 630 g/mol. The number of carbonyl (C=O) groups is 1. The molecule has 0 saturated carbocycles. The molecule has 2 saturated heterocycles. The minimum absolute atomic E-state index is 0.0386. The highest BCUT2D eigenvalue weighted by atomic mass is 19.1. The van der Waals surface area contributed by atoms with Crippen molar-refractivity contribution in [3.8, 4) is 17.2 Å². The maximum absolute atomic E-state index is 15.3. The number of nitrogens with two attached hydrogens (primary N) is 1. The second-order valence-corrected chi connectivity index (χ2v) is 11.4. The van der Waals surface area contributed by atoms with Gasteiger partial charge in [0.1, 0.15) is 34.6 Å². The zero-order valence-electron chi connectivity index (χ0n) is 26.4. The van der Waals surface area contributed by atoms with Crippen molar-refractivity contribution in [2.75, 3.05) is 43.5 Å². The monoisotopic (exact) mass is 629 g/mol. The molecule has 0 spiro atoms. The first-order valence-corrected chi connectivity index (χ1v) is 15.2. The Kier molecular flexibility index (Phi) is 10.2. The van der Waals surface area contributed by atoms with Crippen molar-refractivity contribution < 1.29 is 23.4 Å². The SMILES string of the molecule is C=CC(=O)N1CCC(Nc2cc(C(N)=Nc3ccc(Oc4ccnc(N5CC(OC(C)C)C5)c4)cc3F)c(N=C)cc2OC)CC1. The molecule has 0 aliphatic carbocycles. The van der Waals surface area contributed by atoms with Crippen LogP contribution in [0.3, 0.4) is 0 Å². The number of aromatic nitrogens is 1. The van der Waals surface area contributed by atoms with E-state index in [0.717, 1.165) is 31.7 Å². The Morgan fingerprint density at radius 2 is 1.87 bits per heavy atom. The number of benzene rings is 2. The molecule has 0 unspecified atom stereocenters. The number of carbonyl (C=O) groups excluding carboxylic acids is 1. The maximum atomic E-state index is 15.3. The van der Waals surface area contributed by atoms with Crippen LogP contribution >= 0.6 is 0 Å². The number of piperidine rings is 1. The number of ether oxygens (including phenoxy) is 3. The topological polar surface area (TPSA) is 127 Å². The average Bonchev–Trinajstić information content (AvgIpc) is 3.03. The fraction of sp³-hybridized carbons (Fsp3) is 0.353. The molecule has 0 bridgehead atoms. The van der Waals surface area contributed by atoms with E-state index in [-0.39, 0.29) is 35.7 Å². The molecule has 2 aliphatic heterocycles. The van der Waals surface area contributed by atoms with Crippen LogP contribution in [-0.2, 0) is 9.53 Å². The van der Waals surface area contributed by atoms with Gasteiger partial charge in [-0.15, -0.1) is 0 Å². The molecule has 2 aromatic carbocycles. The van der Waals surface area contributed by atoms with Crippen LogP contribution in [0.25, 0.3) is 0 Å². The van der Waals surface area contributed by atoms with E-state index in [0.29, 0.717) is 47.3 Å². The third-order valence-corrected chi connectivity index (χ3v) is 7.85. The Balaban J connectivity index is 1.29. The van der Waals surface area contributed by atoms with Crippen molar-refractivity contribution >= 4 is 41.3 Å². The van der Waals surface area contributed by atoms with Gasteiger partial charge in [0.05, 0.1) is 30.7 Å². The highest BCUT2D eigenvalue weighted by molar-refractivity contribution is 6.04. The molecular formula is C34H40FN7O4. The smallest absolute Gasteiger partial charge is 0.245 e. The number of pyridine rings is 1. The molecule has 11 nitrogen and oxygen atoms in total. The number of methoxy groups -OCH3 is 1. The highest BCUT2D eigenvalue weighted by Crippen LogP contribution is 2.36. The predicted molar refractivity (Wildman–Crippen MR) is 179 cm³/mol. The van der Waals surface area contributed by atoms with Crippen LogP contribution < -0.4 is 25.4 Å². The minimum atomic E-state index is -0.605. The van der Waals surface area contributed by atoms with Crippen LogP contribution in [0.5, 0.6) is 17.2 Å². The normalized spacial score (nSPS) is 15.8. The van der Waals surface area contributed by atoms with Gasteiger partial charge >= 0.3 is 0 Å². The molecule has 0 atom stereocenters. The van der Waals surface area contributed by atoms with Crippen molar-refractivity contribution in [2.45, 2.75) is 44.9 Å². The van der Waals surface area contributed by atoms with Gasteiger partial charge in [-0.05, 0) is 63.7 Å². The van der Waals surface area contributed by atoms with Gasteiger partial charge in [-0.2, -0.15) is 0 Å². The van der Waals surface area contributed by atoms with Gasteiger partial charge in [-0.3, -0.25) is 9.79 Å². The van der Waals surface area contributed by atoms with Crippen LogP contribution in [0, 0.1) is 5.82 Å². The number of likely N-dealkylation sites (tertiary alicyclic amines) is 1. The Hall–Kier alpha value is -4.97. The van der Waals surface area contributed by atoms with Crippen molar-refractivity contribution in [3.05, 3.63) is 72.7 Å². The van der Waals surface area contributed by atoms with Gasteiger partial charge in [0.15, 0.2) is 5.82 Å². The molecule has 3 aromatic rings. The summed E-state index contributed by atoms with van der Waals surface area (Å²) in [6.45, 7) is 14.0. The fourth-order valence-corrected chi connectivity index (χ4v) is 5.48. The number of hydrogen-bond acceptors (Lipinski definition) is 9. The zero-order valence-corrected chi connectivity index (χ0v) is 26.4. The molecule has 1 aromatic heterocycles. The lowest BCUT2D eigenvalue weighted by Crippen LogP contribution is -2.53. The number of aliphatic imine (C=N–C) groups is 2. The van der Waals surface area contributed by atoms with E-state index in [4.69, 9.17) is 19.9 Å². The summed E-state index contributed by atoms with van der Waals surface area (Å²) >= 11 is 0. The third-order valence-electron chi connectivity index (χ3n) is 7.85. The van der Waals surface area contributed by atoms with Crippen molar-refractivity contribution in [2.24, 2.45) is 15.7 Å². The lowest BCUT2D eigenvalue weighted by molar-refractivity contribution is -0.126.